The number of rotatable bonds is 4. The van der Waals surface area contributed by atoms with Crippen molar-refractivity contribution in [2.24, 2.45) is 5.92 Å². The summed E-state index contributed by atoms with van der Waals surface area (Å²) in [4.78, 5) is 33.7. The minimum atomic E-state index is -0.595. The van der Waals surface area contributed by atoms with Crippen molar-refractivity contribution >= 4 is 34.6 Å². The van der Waals surface area contributed by atoms with Crippen LogP contribution in [0.3, 0.4) is 0 Å². The number of carbonyl (C=O) groups is 2. The van der Waals surface area contributed by atoms with E-state index in [4.69, 9.17) is 0 Å². The highest BCUT2D eigenvalue weighted by Gasteiger charge is 2.37. The van der Waals surface area contributed by atoms with Crippen molar-refractivity contribution in [3.63, 3.8) is 0 Å². The van der Waals surface area contributed by atoms with Crippen molar-refractivity contribution in [1.29, 1.82) is 0 Å². The van der Waals surface area contributed by atoms with Gasteiger partial charge in [-0.15, -0.1) is 0 Å². The molecule has 1 aromatic heterocycles. The topological polar surface area (TPSA) is 87.3 Å². The molecule has 0 aromatic carbocycles. The molecule has 1 fully saturated rings. The molecular weight excluding hydrogens is 399 g/mol. The summed E-state index contributed by atoms with van der Waals surface area (Å²) >= 11 is 2.14. The van der Waals surface area contributed by atoms with Crippen molar-refractivity contribution in [3.8, 4) is 0 Å². The number of nitrogens with one attached hydrogen (secondary N) is 2. The van der Waals surface area contributed by atoms with Crippen molar-refractivity contribution in [2.45, 2.75) is 38.8 Å². The minimum absolute atomic E-state index is 0.0235. The maximum atomic E-state index is 12.8. The summed E-state index contributed by atoms with van der Waals surface area (Å²) in [5, 5.41) is 2.64. The molecule has 2 atom stereocenters. The number of hydrogen-bond acceptors (Lipinski definition) is 4. The molecule has 1 saturated heterocycles. The van der Waals surface area contributed by atoms with Crippen molar-refractivity contribution in [1.82, 2.24) is 20.2 Å². The number of hydrogen-bond donors (Lipinski definition) is 2. The fourth-order valence-corrected chi connectivity index (χ4v) is 3.09. The lowest BCUT2D eigenvalue weighted by atomic mass is 10.0. The van der Waals surface area contributed by atoms with E-state index in [1.807, 2.05) is 20.0 Å². The number of imidazole rings is 1. The van der Waals surface area contributed by atoms with Gasteiger partial charge in [0, 0.05) is 12.7 Å². The van der Waals surface area contributed by atoms with E-state index in [-0.39, 0.29) is 17.9 Å². The minimum Gasteiger partial charge on any atom is -0.453 e. The van der Waals surface area contributed by atoms with Gasteiger partial charge in [0.05, 0.1) is 13.2 Å². The van der Waals surface area contributed by atoms with E-state index in [0.29, 0.717) is 6.54 Å². The first-order chi connectivity index (χ1) is 10.4. The van der Waals surface area contributed by atoms with Crippen LogP contribution < -0.4 is 5.32 Å². The van der Waals surface area contributed by atoms with Crippen LogP contribution >= 0.6 is 22.6 Å². The maximum Gasteiger partial charge on any atom is 0.407 e. The third-order valence-corrected chi connectivity index (χ3v) is 4.36. The fourth-order valence-electron chi connectivity index (χ4n) is 2.68. The van der Waals surface area contributed by atoms with E-state index >= 15 is 0 Å². The van der Waals surface area contributed by atoms with E-state index in [1.165, 1.54) is 7.11 Å². The molecule has 2 heterocycles. The first kappa shape index (κ1) is 17.0. The summed E-state index contributed by atoms with van der Waals surface area (Å²) in [7, 11) is 1.29. The summed E-state index contributed by atoms with van der Waals surface area (Å²) in [6.07, 6.45) is 3.04. The molecule has 0 aliphatic carbocycles. The van der Waals surface area contributed by atoms with Gasteiger partial charge in [-0.1, -0.05) is 13.8 Å². The number of likely N-dealkylation sites (tertiary alicyclic amines) is 1. The Kier molecular flexibility index (Phi) is 5.65. The Balaban J connectivity index is 2.16. The van der Waals surface area contributed by atoms with Gasteiger partial charge in [-0.05, 0) is 41.4 Å². The molecule has 8 heteroatoms. The Bertz CT molecular complexity index is 546. The van der Waals surface area contributed by atoms with E-state index in [2.05, 4.69) is 42.6 Å². The van der Waals surface area contributed by atoms with Gasteiger partial charge in [0.1, 0.15) is 15.6 Å². The third-order valence-electron chi connectivity index (χ3n) is 3.81. The quantitative estimate of drug-likeness (QED) is 0.731. The van der Waals surface area contributed by atoms with Gasteiger partial charge in [0.2, 0.25) is 5.91 Å². The Hall–Kier alpha value is -1.32. The lowest BCUT2D eigenvalue weighted by Gasteiger charge is -2.29. The Morgan fingerprint density at radius 1 is 1.55 bits per heavy atom. The number of nitrogens with zero attached hydrogens (tertiary/aromatic N) is 2. The van der Waals surface area contributed by atoms with Crippen LogP contribution in [0.5, 0.6) is 0 Å². The monoisotopic (exact) mass is 420 g/mol. The maximum absolute atomic E-state index is 12.8. The number of amides is 2. The van der Waals surface area contributed by atoms with Crippen molar-refractivity contribution in [2.75, 3.05) is 13.7 Å². The molecule has 2 rings (SSSR count). The average molecular weight is 420 g/mol. The van der Waals surface area contributed by atoms with Crippen molar-refractivity contribution in [3.05, 3.63) is 15.7 Å². The Morgan fingerprint density at radius 3 is 2.82 bits per heavy atom. The summed E-state index contributed by atoms with van der Waals surface area (Å²) in [6.45, 7) is 4.48. The highest BCUT2D eigenvalue weighted by atomic mass is 127. The number of alkyl carbamates (subject to hydrolysis) is 1. The molecule has 2 amide bonds. The zero-order valence-corrected chi connectivity index (χ0v) is 15.1. The first-order valence-electron chi connectivity index (χ1n) is 7.29. The van der Waals surface area contributed by atoms with Crippen LogP contribution in [0.4, 0.5) is 4.79 Å². The van der Waals surface area contributed by atoms with Crippen LogP contribution in [-0.4, -0.2) is 46.6 Å². The number of ether oxygens (including phenoxy) is 1. The van der Waals surface area contributed by atoms with Crippen LogP contribution in [0.25, 0.3) is 0 Å². The molecule has 7 nitrogen and oxygen atoms in total. The van der Waals surface area contributed by atoms with E-state index in [9.17, 15) is 9.59 Å². The number of aromatic nitrogens is 2. The summed E-state index contributed by atoms with van der Waals surface area (Å²) in [6, 6.07) is -0.654. The second-order valence-electron chi connectivity index (χ2n) is 5.66. The lowest BCUT2D eigenvalue weighted by Crippen LogP contribution is -2.51. The van der Waals surface area contributed by atoms with Crippen LogP contribution in [0, 0.1) is 9.62 Å². The predicted octanol–water partition coefficient (Wildman–Crippen LogP) is 2.06. The Morgan fingerprint density at radius 2 is 2.27 bits per heavy atom. The molecule has 1 aliphatic rings. The number of halogens is 1. The SMILES string of the molecule is COC(=O)N[C@H](C(=O)N1CCC[C@H]1c1nc(I)c[nH]1)C(C)C. The van der Waals surface area contributed by atoms with Crippen molar-refractivity contribution < 1.29 is 14.3 Å². The molecule has 122 valence electrons. The number of H-pyrrole nitrogens is 1. The number of methoxy groups -OCH3 is 1. The molecule has 0 bridgehead atoms. The Labute approximate surface area is 143 Å². The fraction of sp³-hybridized carbons (Fsp3) is 0.643. The van der Waals surface area contributed by atoms with Crippen LogP contribution in [0.15, 0.2) is 6.20 Å². The first-order valence-corrected chi connectivity index (χ1v) is 8.37. The zero-order chi connectivity index (χ0) is 16.3. The predicted molar refractivity (Wildman–Crippen MR) is 89.2 cm³/mol. The smallest absolute Gasteiger partial charge is 0.407 e. The van der Waals surface area contributed by atoms with E-state index in [1.54, 1.807) is 4.90 Å². The van der Waals surface area contributed by atoms with E-state index < -0.39 is 12.1 Å². The summed E-state index contributed by atoms with van der Waals surface area (Å²) < 4.78 is 5.49. The van der Waals surface area contributed by atoms with Gasteiger partial charge in [-0.25, -0.2) is 9.78 Å². The van der Waals surface area contributed by atoms with Gasteiger partial charge < -0.3 is 19.9 Å². The third kappa shape index (κ3) is 3.71. The summed E-state index contributed by atoms with van der Waals surface area (Å²) in [5.41, 5.74) is 0. The van der Waals surface area contributed by atoms with Crippen LogP contribution in [0.2, 0.25) is 0 Å². The lowest BCUT2D eigenvalue weighted by molar-refractivity contribution is -0.135. The second-order valence-corrected chi connectivity index (χ2v) is 6.76. The average Bonchev–Trinajstić information content (AvgIpc) is 3.11. The van der Waals surface area contributed by atoms with Crippen LogP contribution in [-0.2, 0) is 9.53 Å². The standard InChI is InChI=1S/C14H21IN4O3/c1-8(2)11(18-14(21)22-3)13(20)19-6-4-5-9(19)12-16-7-10(15)17-12/h7-9,11H,4-6H2,1-3H3,(H,16,17)(H,18,21)/t9-,11-/m0/s1. The second kappa shape index (κ2) is 7.30. The van der Waals surface area contributed by atoms with Gasteiger partial charge in [0.25, 0.3) is 0 Å². The largest absolute Gasteiger partial charge is 0.453 e. The molecule has 0 unspecified atom stereocenters. The highest BCUT2D eigenvalue weighted by molar-refractivity contribution is 14.1. The molecule has 0 spiro atoms. The van der Waals surface area contributed by atoms with Crippen LogP contribution in [0.1, 0.15) is 38.6 Å². The van der Waals surface area contributed by atoms with Gasteiger partial charge in [-0.3, -0.25) is 4.79 Å². The number of aromatic amines is 1. The normalized spacial score (nSPS) is 19.3. The molecule has 0 radical (unpaired) electrons. The number of carbonyl (C=O) groups excluding carboxylic acids is 2. The molecule has 22 heavy (non-hydrogen) atoms. The van der Waals surface area contributed by atoms with E-state index in [0.717, 1.165) is 22.4 Å². The van der Waals surface area contributed by atoms with Gasteiger partial charge in [0.15, 0.2) is 0 Å². The molecule has 1 aliphatic heterocycles. The molecule has 1 aromatic rings. The van der Waals surface area contributed by atoms with Gasteiger partial charge in [-0.2, -0.15) is 0 Å². The zero-order valence-electron chi connectivity index (χ0n) is 12.9. The summed E-state index contributed by atoms with van der Waals surface area (Å²) in [5.74, 6) is 0.690. The highest BCUT2D eigenvalue weighted by Crippen LogP contribution is 2.31. The molecule has 2 N–H and O–H groups in total. The molecular formula is C14H21IN4O3. The van der Waals surface area contributed by atoms with Gasteiger partial charge >= 0.3 is 6.09 Å². The molecule has 0 saturated carbocycles.